The largest absolute Gasteiger partial charge is 0.342 e. The molecule has 2 aromatic heterocycles. The van der Waals surface area contributed by atoms with Gasteiger partial charge < -0.3 is 4.98 Å². The molecule has 0 radical (unpaired) electrons. The third kappa shape index (κ3) is 4.03. The fraction of sp³-hybridized carbons (Fsp3) is 0.360. The van der Waals surface area contributed by atoms with E-state index in [1.807, 2.05) is 12.3 Å². The molecule has 3 nitrogen and oxygen atoms in total. The van der Waals surface area contributed by atoms with Crippen molar-refractivity contribution < 1.29 is 8.78 Å². The number of rotatable bonds is 4. The number of nitrogens with zero attached hydrogens (tertiary/aromatic N) is 2. The molecule has 6 heteroatoms. The maximum atomic E-state index is 13.8. The van der Waals surface area contributed by atoms with Crippen molar-refractivity contribution in [1.29, 1.82) is 0 Å². The van der Waals surface area contributed by atoms with Gasteiger partial charge in [0, 0.05) is 23.6 Å². The fourth-order valence-corrected chi connectivity index (χ4v) is 5.23. The van der Waals surface area contributed by atoms with Crippen LogP contribution in [0.4, 0.5) is 8.78 Å². The Morgan fingerprint density at radius 3 is 2.68 bits per heavy atom. The molecule has 2 aromatic carbocycles. The SMILES string of the molecule is C[C@H](C[C@H]1CC[C@@H](c2ccnc3ccc(F)cc32)CC1)c1nc2cc(Cl)c(F)cc2[nH]1. The molecule has 0 spiro atoms. The zero-order valence-electron chi connectivity index (χ0n) is 17.3. The van der Waals surface area contributed by atoms with E-state index in [-0.39, 0.29) is 16.8 Å². The van der Waals surface area contributed by atoms with Gasteiger partial charge in [0.25, 0.3) is 0 Å². The second-order valence-corrected chi connectivity index (χ2v) is 9.23. The molecule has 0 unspecified atom stereocenters. The summed E-state index contributed by atoms with van der Waals surface area (Å²) in [6.45, 7) is 2.17. The molecule has 0 amide bonds. The van der Waals surface area contributed by atoms with Crippen molar-refractivity contribution in [3.63, 3.8) is 0 Å². The number of aromatic amines is 1. The van der Waals surface area contributed by atoms with Crippen LogP contribution in [0.15, 0.2) is 42.6 Å². The summed E-state index contributed by atoms with van der Waals surface area (Å²) in [5.41, 5.74) is 3.46. The molecule has 1 aliphatic rings. The standard InChI is InChI=1S/C25H24ClF2N3/c1-14(25-30-23-12-20(26)21(28)13-24(23)31-25)10-15-2-4-16(5-3-15)18-8-9-29-22-7-6-17(27)11-19(18)22/h6-9,11-16H,2-5,10H2,1H3,(H,30,31)/t14-,15-,16+/m1/s1. The second-order valence-electron chi connectivity index (χ2n) is 8.82. The Balaban J connectivity index is 1.27. The first kappa shape index (κ1) is 20.4. The zero-order chi connectivity index (χ0) is 21.5. The van der Waals surface area contributed by atoms with Gasteiger partial charge in [0.15, 0.2) is 0 Å². The summed E-state index contributed by atoms with van der Waals surface area (Å²) in [7, 11) is 0. The Bertz CT molecular complexity index is 1210. The summed E-state index contributed by atoms with van der Waals surface area (Å²) in [5, 5.41) is 1.03. The average Bonchev–Trinajstić information content (AvgIpc) is 3.17. The van der Waals surface area contributed by atoms with E-state index in [4.69, 9.17) is 11.6 Å². The number of pyridine rings is 1. The van der Waals surface area contributed by atoms with Crippen LogP contribution in [-0.4, -0.2) is 15.0 Å². The Hall–Kier alpha value is -2.53. The van der Waals surface area contributed by atoms with Gasteiger partial charge in [-0.25, -0.2) is 13.8 Å². The first-order valence-corrected chi connectivity index (χ1v) is 11.2. The Morgan fingerprint density at radius 1 is 1.06 bits per heavy atom. The number of hydrogen-bond donors (Lipinski definition) is 1. The van der Waals surface area contributed by atoms with Crippen molar-refractivity contribution in [2.24, 2.45) is 5.92 Å². The molecule has 0 bridgehead atoms. The number of H-pyrrole nitrogens is 1. The summed E-state index contributed by atoms with van der Waals surface area (Å²) < 4.78 is 27.5. The third-order valence-corrected chi connectivity index (χ3v) is 7.01. The van der Waals surface area contributed by atoms with E-state index in [9.17, 15) is 8.78 Å². The lowest BCUT2D eigenvalue weighted by Gasteiger charge is -2.30. The number of imidazole rings is 1. The number of fused-ring (bicyclic) bond motifs is 2. The minimum atomic E-state index is -0.432. The number of aromatic nitrogens is 3. The van der Waals surface area contributed by atoms with E-state index >= 15 is 0 Å². The van der Waals surface area contributed by atoms with Crippen LogP contribution in [0, 0.1) is 17.6 Å². The van der Waals surface area contributed by atoms with E-state index in [0.717, 1.165) is 48.8 Å². The van der Waals surface area contributed by atoms with Gasteiger partial charge in [0.1, 0.15) is 17.5 Å². The van der Waals surface area contributed by atoms with Crippen LogP contribution >= 0.6 is 11.6 Å². The first-order valence-electron chi connectivity index (χ1n) is 10.9. The molecule has 0 aliphatic heterocycles. The van der Waals surface area contributed by atoms with Crippen molar-refractivity contribution in [2.75, 3.05) is 0 Å². The van der Waals surface area contributed by atoms with Crippen LogP contribution in [0.3, 0.4) is 0 Å². The van der Waals surface area contributed by atoms with Crippen LogP contribution in [0.25, 0.3) is 21.9 Å². The highest BCUT2D eigenvalue weighted by molar-refractivity contribution is 6.31. The highest BCUT2D eigenvalue weighted by Gasteiger charge is 2.26. The number of halogens is 3. The minimum absolute atomic E-state index is 0.0973. The summed E-state index contributed by atoms with van der Waals surface area (Å²) in [5.74, 6) is 1.55. The van der Waals surface area contributed by atoms with Gasteiger partial charge >= 0.3 is 0 Å². The molecule has 4 aromatic rings. The number of benzene rings is 2. The molecule has 1 N–H and O–H groups in total. The second kappa shape index (κ2) is 8.19. The predicted molar refractivity (Wildman–Crippen MR) is 120 cm³/mol. The van der Waals surface area contributed by atoms with Gasteiger partial charge in [0.2, 0.25) is 0 Å². The summed E-state index contributed by atoms with van der Waals surface area (Å²) in [6, 6.07) is 9.88. The number of nitrogens with one attached hydrogen (secondary N) is 1. The molecule has 1 aliphatic carbocycles. The maximum absolute atomic E-state index is 13.8. The summed E-state index contributed by atoms with van der Waals surface area (Å²) >= 11 is 5.89. The van der Waals surface area contributed by atoms with Gasteiger partial charge in [-0.05, 0) is 79.8 Å². The Labute approximate surface area is 184 Å². The van der Waals surface area contributed by atoms with E-state index in [1.54, 1.807) is 18.2 Å². The highest BCUT2D eigenvalue weighted by atomic mass is 35.5. The highest BCUT2D eigenvalue weighted by Crippen LogP contribution is 2.41. The van der Waals surface area contributed by atoms with E-state index in [1.165, 1.54) is 17.7 Å². The lowest BCUT2D eigenvalue weighted by atomic mass is 9.75. The van der Waals surface area contributed by atoms with E-state index in [0.29, 0.717) is 22.9 Å². The van der Waals surface area contributed by atoms with Crippen molar-refractivity contribution in [1.82, 2.24) is 15.0 Å². The third-order valence-electron chi connectivity index (χ3n) is 6.72. The van der Waals surface area contributed by atoms with Gasteiger partial charge in [0.05, 0.1) is 21.6 Å². The molecule has 1 saturated carbocycles. The molecule has 2 heterocycles. The molecular weight excluding hydrogens is 416 g/mol. The van der Waals surface area contributed by atoms with Crippen LogP contribution in [-0.2, 0) is 0 Å². The van der Waals surface area contributed by atoms with Crippen LogP contribution in [0.1, 0.15) is 62.3 Å². The fourth-order valence-electron chi connectivity index (χ4n) is 5.07. The normalized spacial score (nSPS) is 20.4. The molecule has 1 atom stereocenters. The molecule has 1 fully saturated rings. The van der Waals surface area contributed by atoms with Crippen LogP contribution < -0.4 is 0 Å². The Morgan fingerprint density at radius 2 is 1.87 bits per heavy atom. The minimum Gasteiger partial charge on any atom is -0.342 e. The lowest BCUT2D eigenvalue weighted by molar-refractivity contribution is 0.296. The Kier molecular flexibility index (Phi) is 5.39. The zero-order valence-corrected chi connectivity index (χ0v) is 18.1. The van der Waals surface area contributed by atoms with Crippen LogP contribution in [0.2, 0.25) is 5.02 Å². The summed E-state index contributed by atoms with van der Waals surface area (Å²) in [6.07, 6.45) is 7.32. The van der Waals surface area contributed by atoms with Gasteiger partial charge in [-0.3, -0.25) is 4.98 Å². The topological polar surface area (TPSA) is 41.6 Å². The quantitative estimate of drug-likeness (QED) is 0.357. The molecule has 160 valence electrons. The van der Waals surface area contributed by atoms with Gasteiger partial charge in [-0.15, -0.1) is 0 Å². The lowest BCUT2D eigenvalue weighted by Crippen LogP contribution is -2.16. The molecule has 0 saturated heterocycles. The van der Waals surface area contributed by atoms with E-state index in [2.05, 4.69) is 21.9 Å². The summed E-state index contributed by atoms with van der Waals surface area (Å²) in [4.78, 5) is 12.3. The van der Waals surface area contributed by atoms with Crippen LogP contribution in [0.5, 0.6) is 0 Å². The van der Waals surface area contributed by atoms with E-state index < -0.39 is 5.82 Å². The van der Waals surface area contributed by atoms with Crippen molar-refractivity contribution >= 4 is 33.5 Å². The predicted octanol–water partition coefficient (Wildman–Crippen LogP) is 7.51. The molecular formula is C25H24ClF2N3. The number of hydrogen-bond acceptors (Lipinski definition) is 2. The first-order chi connectivity index (χ1) is 15.0. The molecule has 31 heavy (non-hydrogen) atoms. The van der Waals surface area contributed by atoms with Gasteiger partial charge in [-0.2, -0.15) is 0 Å². The van der Waals surface area contributed by atoms with Crippen molar-refractivity contribution in [2.45, 2.75) is 50.9 Å². The van der Waals surface area contributed by atoms with Crippen molar-refractivity contribution in [3.05, 3.63) is 70.6 Å². The van der Waals surface area contributed by atoms with Gasteiger partial charge in [-0.1, -0.05) is 18.5 Å². The smallest absolute Gasteiger partial charge is 0.144 e. The van der Waals surface area contributed by atoms with Crippen molar-refractivity contribution in [3.8, 4) is 0 Å². The maximum Gasteiger partial charge on any atom is 0.144 e. The molecule has 5 rings (SSSR count). The average molecular weight is 440 g/mol. The monoisotopic (exact) mass is 439 g/mol.